The first-order valence-electron chi connectivity index (χ1n) is 6.40. The maximum absolute atomic E-state index is 12.5. The number of hydrogen-bond acceptors (Lipinski definition) is 2. The number of fused-ring (bicyclic) bond motifs is 1. The molecule has 1 aliphatic carbocycles. The fraction of sp³-hybridized carbons (Fsp3) is 0.429. The highest BCUT2D eigenvalue weighted by molar-refractivity contribution is 9.12. The summed E-state index contributed by atoms with van der Waals surface area (Å²) in [5, 5.41) is 0.589. The van der Waals surface area contributed by atoms with Crippen LogP contribution in [0.3, 0.4) is 0 Å². The van der Waals surface area contributed by atoms with Crippen LogP contribution in [0.2, 0.25) is 5.02 Å². The third-order valence-corrected chi connectivity index (χ3v) is 6.98. The molecule has 2 aliphatic rings. The van der Waals surface area contributed by atoms with Crippen LogP contribution in [0, 0.1) is 11.8 Å². The zero-order chi connectivity index (χ0) is 14.4. The van der Waals surface area contributed by atoms with Crippen LogP contribution in [0.1, 0.15) is 12.8 Å². The number of benzene rings is 1. The quantitative estimate of drug-likeness (QED) is 0.511. The van der Waals surface area contributed by atoms with Crippen molar-refractivity contribution in [3.05, 3.63) is 29.3 Å². The van der Waals surface area contributed by atoms with Gasteiger partial charge in [-0.1, -0.05) is 43.5 Å². The van der Waals surface area contributed by atoms with Crippen molar-refractivity contribution in [2.45, 2.75) is 22.5 Å². The predicted octanol–water partition coefficient (Wildman–Crippen LogP) is 3.77. The molecule has 1 heterocycles. The van der Waals surface area contributed by atoms with Crippen LogP contribution in [0.25, 0.3) is 0 Å². The Morgan fingerprint density at radius 3 is 1.85 bits per heavy atom. The van der Waals surface area contributed by atoms with Gasteiger partial charge in [0.1, 0.15) is 0 Å². The molecule has 1 saturated carbocycles. The van der Waals surface area contributed by atoms with E-state index in [0.29, 0.717) is 23.6 Å². The second-order valence-corrected chi connectivity index (χ2v) is 7.99. The van der Waals surface area contributed by atoms with Crippen LogP contribution >= 0.6 is 43.5 Å². The van der Waals surface area contributed by atoms with Crippen LogP contribution in [0.5, 0.6) is 0 Å². The highest BCUT2D eigenvalue weighted by Gasteiger charge is 2.52. The maximum Gasteiger partial charge on any atom is 0.237 e. The average Bonchev–Trinajstić information content (AvgIpc) is 2.65. The van der Waals surface area contributed by atoms with Crippen LogP contribution < -0.4 is 4.90 Å². The van der Waals surface area contributed by atoms with Crippen molar-refractivity contribution >= 4 is 61.0 Å². The molecule has 106 valence electrons. The van der Waals surface area contributed by atoms with E-state index in [9.17, 15) is 9.59 Å². The molecule has 0 radical (unpaired) electrons. The molecule has 20 heavy (non-hydrogen) atoms. The summed E-state index contributed by atoms with van der Waals surface area (Å²) in [5.41, 5.74) is 0.607. The molecular formula is C14H12Br2ClNO2. The van der Waals surface area contributed by atoms with E-state index < -0.39 is 0 Å². The van der Waals surface area contributed by atoms with E-state index in [4.69, 9.17) is 11.6 Å². The summed E-state index contributed by atoms with van der Waals surface area (Å²) < 4.78 is 0. The van der Waals surface area contributed by atoms with E-state index in [1.807, 2.05) is 0 Å². The molecule has 4 atom stereocenters. The van der Waals surface area contributed by atoms with Gasteiger partial charge in [0.15, 0.2) is 0 Å². The van der Waals surface area contributed by atoms with E-state index in [1.54, 1.807) is 24.3 Å². The standard InChI is InChI=1S/C14H12Br2ClNO2/c15-11-5-9-10(6-12(11)16)14(20)18(13(9)19)8-3-1-7(17)2-4-8/h1-4,9-12H,5-6H2/t9-,10+,11+,12-. The molecule has 1 saturated heterocycles. The summed E-state index contributed by atoms with van der Waals surface area (Å²) in [6, 6.07) is 6.82. The topological polar surface area (TPSA) is 37.4 Å². The molecule has 1 aromatic carbocycles. The Morgan fingerprint density at radius 1 is 0.950 bits per heavy atom. The highest BCUT2D eigenvalue weighted by Crippen LogP contribution is 2.44. The zero-order valence-electron chi connectivity index (χ0n) is 10.4. The van der Waals surface area contributed by atoms with Gasteiger partial charge >= 0.3 is 0 Å². The Hall–Kier alpha value is -0.390. The summed E-state index contributed by atoms with van der Waals surface area (Å²) in [7, 11) is 0. The summed E-state index contributed by atoms with van der Waals surface area (Å²) >= 11 is 13.0. The number of amides is 2. The van der Waals surface area contributed by atoms with Crippen LogP contribution in [0.4, 0.5) is 5.69 Å². The van der Waals surface area contributed by atoms with E-state index in [-0.39, 0.29) is 33.3 Å². The number of carbonyl (C=O) groups is 2. The predicted molar refractivity (Wildman–Crippen MR) is 85.6 cm³/mol. The molecular weight excluding hydrogens is 409 g/mol. The smallest absolute Gasteiger partial charge is 0.237 e. The first kappa shape index (κ1) is 14.5. The number of imide groups is 1. The molecule has 2 amide bonds. The zero-order valence-corrected chi connectivity index (χ0v) is 14.4. The molecule has 0 unspecified atom stereocenters. The van der Waals surface area contributed by atoms with E-state index in [1.165, 1.54) is 4.90 Å². The average molecular weight is 422 g/mol. The Kier molecular flexibility index (Phi) is 3.95. The van der Waals surface area contributed by atoms with Gasteiger partial charge in [-0.05, 0) is 37.1 Å². The van der Waals surface area contributed by atoms with Crippen molar-refractivity contribution in [1.82, 2.24) is 0 Å². The van der Waals surface area contributed by atoms with Gasteiger partial charge in [-0.3, -0.25) is 14.5 Å². The van der Waals surface area contributed by atoms with Gasteiger partial charge < -0.3 is 0 Å². The summed E-state index contributed by atoms with van der Waals surface area (Å²) in [6.45, 7) is 0. The van der Waals surface area contributed by atoms with Gasteiger partial charge in [0.2, 0.25) is 11.8 Å². The summed E-state index contributed by atoms with van der Waals surface area (Å²) in [5.74, 6) is -0.606. The van der Waals surface area contributed by atoms with Crippen molar-refractivity contribution in [3.8, 4) is 0 Å². The van der Waals surface area contributed by atoms with Crippen molar-refractivity contribution in [2.75, 3.05) is 4.90 Å². The van der Waals surface area contributed by atoms with E-state index in [2.05, 4.69) is 31.9 Å². The molecule has 0 N–H and O–H groups in total. The summed E-state index contributed by atoms with van der Waals surface area (Å²) in [6.07, 6.45) is 1.38. The fourth-order valence-electron chi connectivity index (χ4n) is 2.94. The molecule has 1 aliphatic heterocycles. The number of halogens is 3. The molecule has 0 spiro atoms. The number of alkyl halides is 2. The lowest BCUT2D eigenvalue weighted by molar-refractivity contribution is -0.122. The van der Waals surface area contributed by atoms with Crippen molar-refractivity contribution < 1.29 is 9.59 Å². The van der Waals surface area contributed by atoms with Crippen LogP contribution in [0.15, 0.2) is 24.3 Å². The lowest BCUT2D eigenvalue weighted by Gasteiger charge is -2.29. The Labute approximate surface area is 138 Å². The maximum atomic E-state index is 12.5. The minimum absolute atomic E-state index is 0.0915. The second-order valence-electron chi connectivity index (χ2n) is 5.20. The Balaban J connectivity index is 1.93. The first-order chi connectivity index (χ1) is 9.49. The first-order valence-corrected chi connectivity index (χ1v) is 8.61. The monoisotopic (exact) mass is 419 g/mol. The number of anilines is 1. The van der Waals surface area contributed by atoms with Gasteiger partial charge in [0, 0.05) is 14.7 Å². The normalized spacial score (nSPS) is 33.5. The third kappa shape index (κ3) is 2.34. The van der Waals surface area contributed by atoms with E-state index >= 15 is 0 Å². The number of hydrogen-bond donors (Lipinski definition) is 0. The van der Waals surface area contributed by atoms with Crippen molar-refractivity contribution in [2.24, 2.45) is 11.8 Å². The molecule has 3 rings (SSSR count). The van der Waals surface area contributed by atoms with Crippen LogP contribution in [-0.4, -0.2) is 21.5 Å². The van der Waals surface area contributed by atoms with Gasteiger partial charge in [-0.15, -0.1) is 0 Å². The van der Waals surface area contributed by atoms with Crippen LogP contribution in [-0.2, 0) is 9.59 Å². The molecule has 3 nitrogen and oxygen atoms in total. The fourth-order valence-corrected chi connectivity index (χ4v) is 4.30. The second kappa shape index (κ2) is 5.43. The lowest BCUT2D eigenvalue weighted by Crippen LogP contribution is -2.34. The minimum Gasteiger partial charge on any atom is -0.274 e. The lowest BCUT2D eigenvalue weighted by atomic mass is 9.81. The van der Waals surface area contributed by atoms with Gasteiger partial charge in [-0.25, -0.2) is 0 Å². The molecule has 0 aromatic heterocycles. The largest absolute Gasteiger partial charge is 0.274 e. The van der Waals surface area contributed by atoms with Gasteiger partial charge in [0.05, 0.1) is 17.5 Å². The SMILES string of the molecule is O=C1[C@H]2C[C@@H](Br)[C@@H](Br)C[C@H]2C(=O)N1c1ccc(Cl)cc1. The number of nitrogens with zero attached hydrogens (tertiary/aromatic N) is 1. The molecule has 0 bridgehead atoms. The number of rotatable bonds is 1. The molecule has 6 heteroatoms. The Morgan fingerprint density at radius 2 is 1.40 bits per heavy atom. The third-order valence-electron chi connectivity index (χ3n) is 4.00. The summed E-state index contributed by atoms with van der Waals surface area (Å²) in [4.78, 5) is 26.8. The molecule has 1 aromatic rings. The number of carbonyl (C=O) groups excluding carboxylic acids is 2. The van der Waals surface area contributed by atoms with Crippen molar-refractivity contribution in [1.29, 1.82) is 0 Å². The van der Waals surface area contributed by atoms with Gasteiger partial charge in [0.25, 0.3) is 0 Å². The molecule has 2 fully saturated rings. The van der Waals surface area contributed by atoms with E-state index in [0.717, 1.165) is 0 Å². The highest BCUT2D eigenvalue weighted by atomic mass is 79.9. The Bertz CT molecular complexity index is 535. The minimum atomic E-state index is -0.212. The van der Waals surface area contributed by atoms with Crippen molar-refractivity contribution in [3.63, 3.8) is 0 Å². The van der Waals surface area contributed by atoms with Gasteiger partial charge in [-0.2, -0.15) is 0 Å².